The Bertz CT molecular complexity index is 1500. The predicted molar refractivity (Wildman–Crippen MR) is 165 cm³/mol. The van der Waals surface area contributed by atoms with E-state index < -0.39 is 28.8 Å². The topological polar surface area (TPSA) is 61.9 Å². The van der Waals surface area contributed by atoms with Gasteiger partial charge in [0.05, 0.1) is 34.2 Å². The summed E-state index contributed by atoms with van der Waals surface area (Å²) in [7, 11) is 0. The van der Waals surface area contributed by atoms with Gasteiger partial charge in [-0.2, -0.15) is 13.2 Å². The highest BCUT2D eigenvalue weighted by atomic mass is 35.5. The Morgan fingerprint density at radius 3 is 2.30 bits per heavy atom. The zero-order chi connectivity index (χ0) is 31.5. The Hall–Kier alpha value is -3.11. The van der Waals surface area contributed by atoms with Crippen molar-refractivity contribution in [1.82, 2.24) is 9.80 Å². The molecule has 2 aliphatic rings. The standard InChI is InChI=1S/C33H34Cl2F3N3O3/c1-23(42)31(24-6-3-2-4-7-24)12-15-40(16-13-31)17-14-32(25-10-11-28(34)29(35)21-25)22-41(18-19-44-32)30(43)39-27-9-5-8-26(20-27)33(36,37)38/h2-11,20-21H,12-19,22H2,1H3,(H,39,43). The number of rotatable bonds is 7. The van der Waals surface area contributed by atoms with Crippen molar-refractivity contribution in [2.24, 2.45) is 0 Å². The molecule has 3 aromatic carbocycles. The summed E-state index contributed by atoms with van der Waals surface area (Å²) in [6.45, 7) is 4.36. The van der Waals surface area contributed by atoms with Gasteiger partial charge in [-0.1, -0.05) is 65.7 Å². The molecule has 3 aromatic rings. The van der Waals surface area contributed by atoms with Crippen LogP contribution in [0.1, 0.15) is 42.9 Å². The molecule has 44 heavy (non-hydrogen) atoms. The number of alkyl halides is 3. The van der Waals surface area contributed by atoms with Gasteiger partial charge >= 0.3 is 12.2 Å². The zero-order valence-corrected chi connectivity index (χ0v) is 25.8. The van der Waals surface area contributed by atoms with E-state index in [1.165, 1.54) is 12.1 Å². The molecule has 2 aliphatic heterocycles. The highest BCUT2D eigenvalue weighted by Crippen LogP contribution is 2.40. The van der Waals surface area contributed by atoms with Gasteiger partial charge in [-0.25, -0.2) is 4.79 Å². The van der Waals surface area contributed by atoms with Gasteiger partial charge < -0.3 is 19.9 Å². The van der Waals surface area contributed by atoms with Crippen molar-refractivity contribution in [3.05, 3.63) is 99.5 Å². The number of carbonyl (C=O) groups is 2. The molecule has 2 saturated heterocycles. The summed E-state index contributed by atoms with van der Waals surface area (Å²) in [4.78, 5) is 30.1. The molecule has 1 atom stereocenters. The SMILES string of the molecule is CC(=O)C1(c2ccccc2)CCN(CCC2(c3ccc(Cl)c(Cl)c3)CN(C(=O)Nc3cccc(C(F)(F)F)c3)CCO2)CC1. The quantitative estimate of drug-likeness (QED) is 0.284. The molecule has 2 amide bonds. The lowest BCUT2D eigenvalue weighted by Crippen LogP contribution is -2.54. The summed E-state index contributed by atoms with van der Waals surface area (Å²) in [6, 6.07) is 19.2. The van der Waals surface area contributed by atoms with Gasteiger partial charge in [0.1, 0.15) is 11.4 Å². The van der Waals surface area contributed by atoms with Gasteiger partial charge in [0.2, 0.25) is 0 Å². The minimum Gasteiger partial charge on any atom is -0.367 e. The van der Waals surface area contributed by atoms with Crippen molar-refractivity contribution in [2.75, 3.05) is 44.6 Å². The molecule has 5 rings (SSSR count). The molecule has 0 saturated carbocycles. The summed E-state index contributed by atoms with van der Waals surface area (Å²) < 4.78 is 46.1. The minimum atomic E-state index is -4.53. The van der Waals surface area contributed by atoms with E-state index in [9.17, 15) is 22.8 Å². The Morgan fingerprint density at radius 2 is 1.64 bits per heavy atom. The van der Waals surface area contributed by atoms with Crippen LogP contribution in [0.15, 0.2) is 72.8 Å². The normalized spacial score (nSPS) is 20.7. The lowest BCUT2D eigenvalue weighted by Gasteiger charge is -2.45. The van der Waals surface area contributed by atoms with Crippen LogP contribution in [0, 0.1) is 0 Å². The lowest BCUT2D eigenvalue weighted by molar-refractivity contribution is -0.137. The Labute approximate surface area is 265 Å². The molecule has 0 bridgehead atoms. The van der Waals surface area contributed by atoms with E-state index >= 15 is 0 Å². The number of likely N-dealkylation sites (tertiary alicyclic amines) is 1. The van der Waals surface area contributed by atoms with Gasteiger partial charge in [-0.3, -0.25) is 4.79 Å². The monoisotopic (exact) mass is 647 g/mol. The van der Waals surface area contributed by atoms with E-state index in [0.717, 1.165) is 23.3 Å². The smallest absolute Gasteiger partial charge is 0.367 e. The van der Waals surface area contributed by atoms with Crippen LogP contribution in [0.2, 0.25) is 10.0 Å². The van der Waals surface area contributed by atoms with Crippen molar-refractivity contribution in [3.8, 4) is 0 Å². The number of hydrogen-bond donors (Lipinski definition) is 1. The number of Topliss-reactive ketones (excluding diaryl/α,β-unsaturated/α-hetero) is 1. The van der Waals surface area contributed by atoms with Crippen LogP contribution >= 0.6 is 23.2 Å². The largest absolute Gasteiger partial charge is 0.416 e. The molecule has 0 aromatic heterocycles. The van der Waals surface area contributed by atoms with Crippen LogP contribution in [0.25, 0.3) is 0 Å². The average molecular weight is 649 g/mol. The number of amides is 2. The number of benzene rings is 3. The molecular formula is C33H34Cl2F3N3O3. The molecule has 0 spiro atoms. The number of halogens is 5. The number of anilines is 1. The number of ether oxygens (including phenoxy) is 1. The number of hydrogen-bond acceptors (Lipinski definition) is 4. The van der Waals surface area contributed by atoms with Gasteiger partial charge in [0, 0.05) is 18.8 Å². The fourth-order valence-corrected chi connectivity index (χ4v) is 6.58. The van der Waals surface area contributed by atoms with Crippen molar-refractivity contribution in [3.63, 3.8) is 0 Å². The molecule has 11 heteroatoms. The van der Waals surface area contributed by atoms with Crippen molar-refractivity contribution in [2.45, 2.75) is 43.4 Å². The first-order valence-electron chi connectivity index (χ1n) is 14.5. The number of ketones is 1. The third-order valence-electron chi connectivity index (χ3n) is 8.90. The summed E-state index contributed by atoms with van der Waals surface area (Å²) in [6.07, 6.45) is -2.63. The summed E-state index contributed by atoms with van der Waals surface area (Å²) in [5.41, 5.74) is -0.451. The summed E-state index contributed by atoms with van der Waals surface area (Å²) >= 11 is 12.6. The number of urea groups is 1. The second-order valence-electron chi connectivity index (χ2n) is 11.5. The third-order valence-corrected chi connectivity index (χ3v) is 9.64. The van der Waals surface area contributed by atoms with Crippen LogP contribution < -0.4 is 5.32 Å². The number of morpholine rings is 1. The molecule has 6 nitrogen and oxygen atoms in total. The van der Waals surface area contributed by atoms with E-state index in [1.54, 1.807) is 24.0 Å². The first-order valence-corrected chi connectivity index (χ1v) is 15.3. The maximum Gasteiger partial charge on any atom is 0.416 e. The maximum atomic E-state index is 13.3. The van der Waals surface area contributed by atoms with E-state index in [1.807, 2.05) is 36.4 Å². The summed E-state index contributed by atoms with van der Waals surface area (Å²) in [5, 5.41) is 3.36. The second-order valence-corrected chi connectivity index (χ2v) is 12.3. The highest BCUT2D eigenvalue weighted by Gasteiger charge is 2.43. The number of carbonyl (C=O) groups excluding carboxylic acids is 2. The first-order chi connectivity index (χ1) is 20.9. The first kappa shape index (κ1) is 32.3. The van der Waals surface area contributed by atoms with Gasteiger partial charge in [0.15, 0.2) is 0 Å². The van der Waals surface area contributed by atoms with Gasteiger partial charge in [-0.05, 0) is 80.7 Å². The Balaban J connectivity index is 1.33. The zero-order valence-electron chi connectivity index (χ0n) is 24.3. The lowest BCUT2D eigenvalue weighted by atomic mass is 9.70. The predicted octanol–water partition coefficient (Wildman–Crippen LogP) is 7.78. The third kappa shape index (κ3) is 6.91. The molecule has 0 aliphatic carbocycles. The van der Waals surface area contributed by atoms with E-state index in [-0.39, 0.29) is 31.2 Å². The van der Waals surface area contributed by atoms with Crippen molar-refractivity contribution >= 4 is 40.7 Å². The van der Waals surface area contributed by atoms with Crippen LogP contribution in [-0.4, -0.2) is 60.9 Å². The van der Waals surface area contributed by atoms with E-state index in [4.69, 9.17) is 27.9 Å². The average Bonchev–Trinajstić information content (AvgIpc) is 3.02. The van der Waals surface area contributed by atoms with Crippen LogP contribution in [-0.2, 0) is 26.7 Å². The molecule has 1 unspecified atom stereocenters. The highest BCUT2D eigenvalue weighted by molar-refractivity contribution is 6.42. The minimum absolute atomic E-state index is 0.0529. The Kier molecular flexibility index (Phi) is 9.61. The van der Waals surface area contributed by atoms with E-state index in [0.29, 0.717) is 48.9 Å². The van der Waals surface area contributed by atoms with E-state index in [2.05, 4.69) is 10.2 Å². The number of nitrogens with zero attached hydrogens (tertiary/aromatic N) is 2. The van der Waals surface area contributed by atoms with Gasteiger partial charge in [0.25, 0.3) is 0 Å². The molecular weight excluding hydrogens is 614 g/mol. The van der Waals surface area contributed by atoms with Crippen molar-refractivity contribution in [1.29, 1.82) is 0 Å². The summed E-state index contributed by atoms with van der Waals surface area (Å²) in [5.74, 6) is 0.161. The second kappa shape index (κ2) is 13.1. The molecule has 234 valence electrons. The maximum absolute atomic E-state index is 13.3. The van der Waals surface area contributed by atoms with Crippen LogP contribution in [0.5, 0.6) is 0 Å². The molecule has 2 heterocycles. The molecule has 1 N–H and O–H groups in total. The number of nitrogens with one attached hydrogen (secondary N) is 1. The van der Waals surface area contributed by atoms with Crippen LogP contribution in [0.3, 0.4) is 0 Å². The van der Waals surface area contributed by atoms with Crippen LogP contribution in [0.4, 0.5) is 23.7 Å². The number of piperidine rings is 1. The fourth-order valence-electron chi connectivity index (χ4n) is 6.28. The Morgan fingerprint density at radius 1 is 0.909 bits per heavy atom. The van der Waals surface area contributed by atoms with Crippen molar-refractivity contribution < 1.29 is 27.5 Å². The molecule has 2 fully saturated rings. The fraction of sp³-hybridized carbons (Fsp3) is 0.394. The molecule has 0 radical (unpaired) electrons. The van der Waals surface area contributed by atoms with Gasteiger partial charge in [-0.15, -0.1) is 0 Å².